The number of hydrogen-bond acceptors (Lipinski definition) is 7. The minimum Gasteiger partial charge on any atom is -0.362 e. The molecule has 0 saturated carbocycles. The fourth-order valence-electron chi connectivity index (χ4n) is 4.63. The number of hydrogen-bond donors (Lipinski definition) is 2. The molecule has 40 heavy (non-hydrogen) atoms. The molecule has 0 spiro atoms. The topological polar surface area (TPSA) is 99.2 Å². The van der Waals surface area contributed by atoms with Gasteiger partial charge in [0, 0.05) is 25.2 Å². The average Bonchev–Trinajstić information content (AvgIpc) is 3.59. The van der Waals surface area contributed by atoms with Gasteiger partial charge < -0.3 is 15.0 Å². The Kier molecular flexibility index (Phi) is 11.4. The molecule has 2 aromatic carbocycles. The highest BCUT2D eigenvalue weighted by atomic mass is 16.1. The van der Waals surface area contributed by atoms with Crippen LogP contribution < -0.4 is 5.32 Å². The third-order valence-electron chi connectivity index (χ3n) is 7.17. The Morgan fingerprint density at radius 2 is 1.73 bits per heavy atom. The number of aryl methyl sites for hydroxylation is 2. The second-order valence-electron chi connectivity index (χ2n) is 9.90. The van der Waals surface area contributed by atoms with Crippen LogP contribution in [0.3, 0.4) is 0 Å². The van der Waals surface area contributed by atoms with Gasteiger partial charge in [-0.05, 0) is 72.6 Å². The van der Waals surface area contributed by atoms with Crippen LogP contribution in [-0.2, 0) is 17.6 Å². The van der Waals surface area contributed by atoms with Crippen molar-refractivity contribution in [2.45, 2.75) is 79.8 Å². The van der Waals surface area contributed by atoms with E-state index in [2.05, 4.69) is 101 Å². The van der Waals surface area contributed by atoms with Gasteiger partial charge in [0.25, 0.3) is 0 Å². The SMILES string of the molecule is CCC(C)=O.CCC1NC2=C(C)CC=CN=C2N1C.CCc1ccc(-c2ccccc2-c2nn[nH]n2)cc1CC. The number of nitrogens with zero attached hydrogens (tertiary/aromatic N) is 5. The molecule has 8 nitrogen and oxygen atoms in total. The van der Waals surface area contributed by atoms with Crippen molar-refractivity contribution in [1.29, 1.82) is 0 Å². The number of allylic oxidation sites excluding steroid dienone is 2. The minimum atomic E-state index is 0.255. The molecular formula is C32H43N7O. The van der Waals surface area contributed by atoms with Crippen molar-refractivity contribution < 1.29 is 4.79 Å². The zero-order valence-electron chi connectivity index (χ0n) is 25.0. The first kappa shape index (κ1) is 30.5. The molecule has 2 aliphatic rings. The lowest BCUT2D eigenvalue weighted by Gasteiger charge is -2.18. The van der Waals surface area contributed by atoms with Gasteiger partial charge in [-0.1, -0.05) is 76.2 Å². The summed E-state index contributed by atoms with van der Waals surface area (Å²) in [6, 6.07) is 14.8. The molecule has 3 heterocycles. The number of ketones is 1. The highest BCUT2D eigenvalue weighted by Crippen LogP contribution is 2.31. The number of tetrazole rings is 1. The first-order valence-corrected chi connectivity index (χ1v) is 14.2. The molecule has 0 radical (unpaired) electrons. The largest absolute Gasteiger partial charge is 0.362 e. The summed E-state index contributed by atoms with van der Waals surface area (Å²) in [4.78, 5) is 16.5. The molecule has 8 heteroatoms. The Bertz CT molecular complexity index is 1360. The lowest BCUT2D eigenvalue weighted by atomic mass is 9.94. The number of carbonyl (C=O) groups is 1. The molecule has 2 aliphatic heterocycles. The molecule has 212 valence electrons. The maximum absolute atomic E-state index is 9.81. The van der Waals surface area contributed by atoms with Gasteiger partial charge in [-0.2, -0.15) is 5.21 Å². The average molecular weight is 542 g/mol. The zero-order chi connectivity index (χ0) is 29.1. The molecule has 1 fully saturated rings. The molecule has 3 aromatic rings. The normalized spacial score (nSPS) is 15.6. The molecule has 1 unspecified atom stereocenters. The van der Waals surface area contributed by atoms with E-state index in [4.69, 9.17) is 0 Å². The fraction of sp³-hybridized carbons (Fsp3) is 0.406. The van der Waals surface area contributed by atoms with Crippen LogP contribution in [0.2, 0.25) is 0 Å². The second kappa shape index (κ2) is 14.9. The number of rotatable bonds is 6. The Labute approximate surface area is 238 Å². The summed E-state index contributed by atoms with van der Waals surface area (Å²) in [5.74, 6) is 1.97. The maximum Gasteiger partial charge on any atom is 0.205 e. The molecule has 0 amide bonds. The van der Waals surface area contributed by atoms with Crippen LogP contribution in [0.25, 0.3) is 22.5 Å². The van der Waals surface area contributed by atoms with Gasteiger partial charge in [-0.3, -0.25) is 0 Å². The number of H-pyrrole nitrogens is 1. The highest BCUT2D eigenvalue weighted by molar-refractivity contribution is 6.01. The summed E-state index contributed by atoms with van der Waals surface area (Å²) in [5.41, 5.74) is 8.75. The van der Waals surface area contributed by atoms with Gasteiger partial charge in [-0.15, -0.1) is 10.2 Å². The first-order valence-electron chi connectivity index (χ1n) is 14.2. The first-order chi connectivity index (χ1) is 19.3. The van der Waals surface area contributed by atoms with E-state index in [-0.39, 0.29) is 5.78 Å². The van der Waals surface area contributed by atoms with Gasteiger partial charge in [-0.25, -0.2) is 4.99 Å². The van der Waals surface area contributed by atoms with Crippen LogP contribution >= 0.6 is 0 Å². The van der Waals surface area contributed by atoms with Crippen LogP contribution in [0.15, 0.2) is 71.0 Å². The van der Waals surface area contributed by atoms with Crippen molar-refractivity contribution in [1.82, 2.24) is 30.8 Å². The van der Waals surface area contributed by atoms with Crippen molar-refractivity contribution in [3.8, 4) is 22.5 Å². The van der Waals surface area contributed by atoms with E-state index in [1.165, 1.54) is 28.0 Å². The van der Waals surface area contributed by atoms with Crippen LogP contribution in [-0.4, -0.2) is 50.4 Å². The third kappa shape index (κ3) is 7.52. The Balaban J connectivity index is 0.000000200. The Morgan fingerprint density at radius 3 is 2.33 bits per heavy atom. The van der Waals surface area contributed by atoms with Crippen molar-refractivity contribution >= 4 is 11.6 Å². The van der Waals surface area contributed by atoms with Gasteiger partial charge in [0.2, 0.25) is 5.82 Å². The van der Waals surface area contributed by atoms with Crippen LogP contribution in [0.4, 0.5) is 0 Å². The van der Waals surface area contributed by atoms with Gasteiger partial charge >= 0.3 is 0 Å². The van der Waals surface area contributed by atoms with E-state index >= 15 is 0 Å². The fourth-order valence-corrected chi connectivity index (χ4v) is 4.63. The Hall–Kier alpha value is -4.07. The molecule has 1 aromatic heterocycles. The molecule has 0 bridgehead atoms. The number of aliphatic imine (C=N–C) groups is 1. The quantitative estimate of drug-likeness (QED) is 0.370. The molecule has 5 rings (SSSR count). The predicted molar refractivity (Wildman–Crippen MR) is 164 cm³/mol. The van der Waals surface area contributed by atoms with E-state index < -0.39 is 0 Å². The smallest absolute Gasteiger partial charge is 0.205 e. The van der Waals surface area contributed by atoms with E-state index in [9.17, 15) is 4.79 Å². The van der Waals surface area contributed by atoms with Crippen molar-refractivity contribution in [2.24, 2.45) is 4.99 Å². The molecule has 0 aliphatic carbocycles. The summed E-state index contributed by atoms with van der Waals surface area (Å²) in [7, 11) is 2.10. The van der Waals surface area contributed by atoms with E-state index in [1.807, 2.05) is 31.3 Å². The summed E-state index contributed by atoms with van der Waals surface area (Å²) in [6.45, 7) is 12.2. The maximum atomic E-state index is 9.81. The second-order valence-corrected chi connectivity index (χ2v) is 9.90. The van der Waals surface area contributed by atoms with E-state index in [0.29, 0.717) is 18.4 Å². The minimum absolute atomic E-state index is 0.255. The predicted octanol–water partition coefficient (Wildman–Crippen LogP) is 6.49. The standard InChI is InChI=1S/C17H18N4.C11H17N3.C4H8O/c1-3-12-9-10-14(11-13(12)4-2)15-7-5-6-8-16(15)17-18-20-21-19-17;1-4-9-13-10-8(2)6-5-7-12-11(10)14(9)3;1-3-4(2)5/h5-11H,3-4H2,1-2H3,(H,18,19,20,21);5,7,9,13H,4,6H2,1-3H3;3H2,1-2H3. The summed E-state index contributed by atoms with van der Waals surface area (Å²) < 4.78 is 0. The number of aromatic amines is 1. The van der Waals surface area contributed by atoms with Crippen LogP contribution in [0, 0.1) is 0 Å². The monoisotopic (exact) mass is 541 g/mol. The Morgan fingerprint density at radius 1 is 1.02 bits per heavy atom. The van der Waals surface area contributed by atoms with Crippen LogP contribution in [0.5, 0.6) is 0 Å². The number of Topliss-reactive ketones (excluding diaryl/α,β-unsaturated/α-hetero) is 1. The number of amidine groups is 1. The van der Waals surface area contributed by atoms with Gasteiger partial charge in [0.15, 0.2) is 5.84 Å². The van der Waals surface area contributed by atoms with Crippen LogP contribution in [0.1, 0.15) is 71.9 Å². The summed E-state index contributed by atoms with van der Waals surface area (Å²) >= 11 is 0. The lowest BCUT2D eigenvalue weighted by molar-refractivity contribution is -0.116. The number of carbonyl (C=O) groups excluding carboxylic acids is 1. The summed E-state index contributed by atoms with van der Waals surface area (Å²) in [6.07, 6.45) is 9.28. The zero-order valence-corrected chi connectivity index (χ0v) is 25.0. The van der Waals surface area contributed by atoms with Gasteiger partial charge in [0.05, 0.1) is 11.9 Å². The highest BCUT2D eigenvalue weighted by Gasteiger charge is 2.29. The molecule has 2 N–H and O–H groups in total. The van der Waals surface area contributed by atoms with Gasteiger partial charge in [0.1, 0.15) is 5.78 Å². The number of fused-ring (bicyclic) bond motifs is 1. The van der Waals surface area contributed by atoms with Crippen molar-refractivity contribution in [2.75, 3.05) is 7.05 Å². The van der Waals surface area contributed by atoms with E-state index in [1.54, 1.807) is 6.92 Å². The summed E-state index contributed by atoms with van der Waals surface area (Å²) in [5, 5.41) is 17.9. The number of benzene rings is 2. The lowest BCUT2D eigenvalue weighted by Crippen LogP contribution is -2.33. The molecular weight excluding hydrogens is 498 g/mol. The van der Waals surface area contributed by atoms with E-state index in [0.717, 1.165) is 42.6 Å². The van der Waals surface area contributed by atoms with Crippen molar-refractivity contribution in [3.63, 3.8) is 0 Å². The van der Waals surface area contributed by atoms with Crippen molar-refractivity contribution in [3.05, 3.63) is 77.1 Å². The number of aromatic nitrogens is 4. The molecule has 1 saturated heterocycles. The number of likely N-dealkylation sites (N-methyl/N-ethyl adjacent to an activating group) is 1. The third-order valence-corrected chi connectivity index (χ3v) is 7.17. The number of nitrogens with one attached hydrogen (secondary N) is 2. The molecule has 1 atom stereocenters.